The van der Waals surface area contributed by atoms with Crippen LogP contribution in [0.2, 0.25) is 0 Å². The van der Waals surface area contributed by atoms with Crippen molar-refractivity contribution in [1.82, 2.24) is 9.78 Å². The Labute approximate surface area is 157 Å². The molecule has 2 heterocycles. The molecule has 7 nitrogen and oxygen atoms in total. The van der Waals surface area contributed by atoms with Crippen LogP contribution in [-0.2, 0) is 26.1 Å². The molecule has 144 valence electrons. The van der Waals surface area contributed by atoms with Gasteiger partial charge in [-0.25, -0.2) is 4.79 Å². The molecule has 1 atom stereocenters. The number of fused-ring (bicyclic) bond motifs is 1. The van der Waals surface area contributed by atoms with Crippen LogP contribution in [0.1, 0.15) is 32.9 Å². The van der Waals surface area contributed by atoms with E-state index in [0.717, 1.165) is 10.9 Å². The number of benzene rings is 1. The minimum absolute atomic E-state index is 0.144. The molecule has 7 heteroatoms. The number of aryl methyl sites for hydroxylation is 1. The largest absolute Gasteiger partial charge is 0.461 e. The van der Waals surface area contributed by atoms with Crippen molar-refractivity contribution in [2.24, 2.45) is 12.5 Å². The summed E-state index contributed by atoms with van der Waals surface area (Å²) in [5.74, 6) is -0.954. The molecule has 1 N–H and O–H groups in total. The molecule has 1 aliphatic rings. The van der Waals surface area contributed by atoms with Crippen LogP contribution in [0.5, 0.6) is 0 Å². The van der Waals surface area contributed by atoms with Gasteiger partial charge in [0.1, 0.15) is 6.61 Å². The van der Waals surface area contributed by atoms with Crippen LogP contribution in [0, 0.1) is 5.41 Å². The van der Waals surface area contributed by atoms with Gasteiger partial charge in [-0.3, -0.25) is 9.48 Å². The molecule has 1 fully saturated rings. The first-order valence-electron chi connectivity index (χ1n) is 8.79. The lowest BCUT2D eigenvalue weighted by atomic mass is 9.96. The lowest BCUT2D eigenvalue weighted by Gasteiger charge is -2.26. The number of nitrogens with zero attached hydrogens (tertiary/aromatic N) is 2. The van der Waals surface area contributed by atoms with Crippen molar-refractivity contribution in [3.63, 3.8) is 0 Å². The maximum atomic E-state index is 12.4. The van der Waals surface area contributed by atoms with Gasteiger partial charge < -0.3 is 14.6 Å². The van der Waals surface area contributed by atoms with E-state index < -0.39 is 29.6 Å². The van der Waals surface area contributed by atoms with Gasteiger partial charge in [0.15, 0.2) is 5.60 Å². The number of rotatable bonds is 4. The van der Waals surface area contributed by atoms with E-state index in [1.807, 2.05) is 31.3 Å². The molecule has 3 rings (SSSR count). The van der Waals surface area contributed by atoms with Crippen molar-refractivity contribution in [3.05, 3.63) is 35.5 Å². The highest BCUT2D eigenvalue weighted by Crippen LogP contribution is 2.33. The summed E-state index contributed by atoms with van der Waals surface area (Å²) in [6.45, 7) is 4.58. The van der Waals surface area contributed by atoms with Crippen LogP contribution in [-0.4, -0.2) is 45.6 Å². The molecule has 1 saturated heterocycles. The van der Waals surface area contributed by atoms with Crippen LogP contribution in [0.3, 0.4) is 0 Å². The van der Waals surface area contributed by atoms with E-state index in [0.29, 0.717) is 11.3 Å². The number of ether oxygens (including phenoxy) is 2. The molecule has 1 aromatic heterocycles. The van der Waals surface area contributed by atoms with Crippen molar-refractivity contribution < 1.29 is 24.2 Å². The van der Waals surface area contributed by atoms with Gasteiger partial charge in [-0.1, -0.05) is 18.2 Å². The summed E-state index contributed by atoms with van der Waals surface area (Å²) in [6, 6.07) is 7.70. The van der Waals surface area contributed by atoms with Crippen LogP contribution < -0.4 is 0 Å². The van der Waals surface area contributed by atoms with Gasteiger partial charge in [0.2, 0.25) is 0 Å². The van der Waals surface area contributed by atoms with Crippen molar-refractivity contribution in [2.75, 3.05) is 13.2 Å². The summed E-state index contributed by atoms with van der Waals surface area (Å²) in [7, 11) is 1.83. The molecular weight excluding hydrogens is 348 g/mol. The molecule has 0 aliphatic carbocycles. The first-order valence-corrected chi connectivity index (χ1v) is 8.79. The fraction of sp³-hybridized carbons (Fsp3) is 0.450. The maximum absolute atomic E-state index is 12.4. The number of hydrogen-bond donors (Lipinski definition) is 1. The van der Waals surface area contributed by atoms with E-state index in [2.05, 4.69) is 5.10 Å². The second-order valence-corrected chi connectivity index (χ2v) is 7.93. The maximum Gasteiger partial charge on any atom is 0.335 e. The van der Waals surface area contributed by atoms with Gasteiger partial charge in [-0.15, -0.1) is 0 Å². The number of esters is 2. The van der Waals surface area contributed by atoms with E-state index >= 15 is 0 Å². The minimum atomic E-state index is -1.26. The standard InChI is InChI=1S/C20H24N2O5/c1-19(2,3)18(25)26-12-20(11-23)10-13(17(24)27-20)9-15-14-7-5-6-8-16(14)22(4)21-15/h5-9,23H,10-12H2,1-4H3/b13-9+. The average Bonchev–Trinajstić information content (AvgIpc) is 3.11. The number of hydrogen-bond acceptors (Lipinski definition) is 6. The number of cyclic esters (lactones) is 1. The third kappa shape index (κ3) is 3.73. The smallest absolute Gasteiger partial charge is 0.335 e. The van der Waals surface area contributed by atoms with Crippen LogP contribution >= 0.6 is 0 Å². The molecule has 0 saturated carbocycles. The zero-order valence-electron chi connectivity index (χ0n) is 16.0. The third-order valence-corrected chi connectivity index (χ3v) is 4.55. The second-order valence-electron chi connectivity index (χ2n) is 7.93. The highest BCUT2D eigenvalue weighted by molar-refractivity contribution is 5.99. The van der Waals surface area contributed by atoms with Crippen molar-refractivity contribution in [3.8, 4) is 0 Å². The average molecular weight is 372 g/mol. The van der Waals surface area contributed by atoms with Crippen LogP contribution in [0.4, 0.5) is 0 Å². The lowest BCUT2D eigenvalue weighted by Crippen LogP contribution is -2.40. The number of para-hydroxylation sites is 1. The highest BCUT2D eigenvalue weighted by Gasteiger charge is 2.45. The first kappa shape index (κ1) is 19.1. The molecule has 0 spiro atoms. The van der Waals surface area contributed by atoms with Gasteiger partial charge in [0.05, 0.1) is 23.2 Å². The molecule has 1 aromatic carbocycles. The molecule has 0 radical (unpaired) electrons. The Morgan fingerprint density at radius 2 is 2.11 bits per heavy atom. The summed E-state index contributed by atoms with van der Waals surface area (Å²) in [5.41, 5.74) is 0.0580. The van der Waals surface area contributed by atoms with Crippen molar-refractivity contribution >= 4 is 28.9 Å². The molecule has 1 aliphatic heterocycles. The summed E-state index contributed by atoms with van der Waals surface area (Å²) < 4.78 is 12.4. The molecule has 0 bridgehead atoms. The van der Waals surface area contributed by atoms with Gasteiger partial charge in [0, 0.05) is 24.4 Å². The van der Waals surface area contributed by atoms with Crippen molar-refractivity contribution in [2.45, 2.75) is 32.8 Å². The lowest BCUT2D eigenvalue weighted by molar-refractivity contribution is -0.171. The van der Waals surface area contributed by atoms with E-state index in [4.69, 9.17) is 9.47 Å². The molecule has 27 heavy (non-hydrogen) atoms. The zero-order valence-corrected chi connectivity index (χ0v) is 16.0. The first-order chi connectivity index (χ1) is 12.6. The highest BCUT2D eigenvalue weighted by atomic mass is 16.6. The second kappa shape index (κ2) is 6.81. The molecule has 0 amide bonds. The Morgan fingerprint density at radius 3 is 2.78 bits per heavy atom. The summed E-state index contributed by atoms with van der Waals surface area (Å²) in [6.07, 6.45) is 1.82. The fourth-order valence-corrected chi connectivity index (χ4v) is 2.97. The number of aromatic nitrogens is 2. The monoisotopic (exact) mass is 372 g/mol. The van der Waals surface area contributed by atoms with Gasteiger partial charge in [0.25, 0.3) is 0 Å². The summed E-state index contributed by atoms with van der Waals surface area (Å²) in [5, 5.41) is 15.2. The predicted octanol–water partition coefficient (Wildman–Crippen LogP) is 2.22. The van der Waals surface area contributed by atoms with Crippen LogP contribution in [0.25, 0.3) is 17.0 Å². The van der Waals surface area contributed by atoms with Gasteiger partial charge in [-0.2, -0.15) is 5.10 Å². The molecular formula is C20H24N2O5. The van der Waals surface area contributed by atoms with E-state index in [1.54, 1.807) is 31.5 Å². The Morgan fingerprint density at radius 1 is 1.41 bits per heavy atom. The van der Waals surface area contributed by atoms with Gasteiger partial charge in [-0.05, 0) is 32.9 Å². The Bertz CT molecular complexity index is 922. The molecule has 2 aromatic rings. The molecule has 1 unspecified atom stereocenters. The van der Waals surface area contributed by atoms with E-state index in [9.17, 15) is 14.7 Å². The zero-order chi connectivity index (χ0) is 19.8. The van der Waals surface area contributed by atoms with Crippen LogP contribution in [0.15, 0.2) is 29.8 Å². The number of aliphatic hydroxyl groups is 1. The number of aliphatic hydroxyl groups excluding tert-OH is 1. The Hall–Kier alpha value is -2.67. The third-order valence-electron chi connectivity index (χ3n) is 4.55. The fourth-order valence-electron chi connectivity index (χ4n) is 2.97. The van der Waals surface area contributed by atoms with E-state index in [1.165, 1.54) is 0 Å². The van der Waals surface area contributed by atoms with E-state index in [-0.39, 0.29) is 13.0 Å². The predicted molar refractivity (Wildman–Crippen MR) is 99.6 cm³/mol. The summed E-state index contributed by atoms with van der Waals surface area (Å²) in [4.78, 5) is 24.4. The normalized spacial score (nSPS) is 21.7. The SMILES string of the molecule is Cn1nc(/C=C2\CC(CO)(COC(=O)C(C)(C)C)OC2=O)c2ccccc21. The quantitative estimate of drug-likeness (QED) is 0.654. The topological polar surface area (TPSA) is 90.7 Å². The number of carbonyl (C=O) groups excluding carboxylic acids is 2. The summed E-state index contributed by atoms with van der Waals surface area (Å²) >= 11 is 0. The Balaban J connectivity index is 1.85. The van der Waals surface area contributed by atoms with Crippen molar-refractivity contribution in [1.29, 1.82) is 0 Å². The van der Waals surface area contributed by atoms with Gasteiger partial charge >= 0.3 is 11.9 Å². The minimum Gasteiger partial charge on any atom is -0.461 e. The Kier molecular flexibility index (Phi) is 4.82. The number of carbonyl (C=O) groups is 2.